The number of nitrogens with two attached hydrogens (primary N) is 1. The van der Waals surface area contributed by atoms with Crippen LogP contribution in [-0.4, -0.2) is 22.9 Å². The van der Waals surface area contributed by atoms with Gasteiger partial charge in [-0.3, -0.25) is 4.79 Å². The maximum atomic E-state index is 11.1. The van der Waals surface area contributed by atoms with Crippen molar-refractivity contribution in [2.24, 2.45) is 11.7 Å². The Morgan fingerprint density at radius 3 is 2.03 bits per heavy atom. The van der Waals surface area contributed by atoms with E-state index in [0.29, 0.717) is 11.6 Å². The van der Waals surface area contributed by atoms with Crippen LogP contribution in [0.2, 0.25) is 0 Å². The minimum Gasteiger partial charge on any atom is -0.475 e. The average Bonchev–Trinajstić information content (AvgIpc) is 3.24. The Hall–Kier alpha value is -2.00. The summed E-state index contributed by atoms with van der Waals surface area (Å²) in [6, 6.07) is 15.2. The summed E-state index contributed by atoms with van der Waals surface area (Å²) in [6.45, 7) is 7.76. The summed E-state index contributed by atoms with van der Waals surface area (Å²) < 4.78 is 8.15. The summed E-state index contributed by atoms with van der Waals surface area (Å²) in [5.74, 6) is 0.137. The van der Waals surface area contributed by atoms with Gasteiger partial charge in [0, 0.05) is 19.0 Å². The molecule has 0 aliphatic heterocycles. The standard InChI is InChI=1S/C10H7BrOS.C9H5BrO3.C4H8.C3H9N.CH4/c1-6(12)9-4-7-2-3-8(11)5-10(7)13-9;10-6-2-1-5-3-8(9(11)12)13-7(5)4-6;1-4-2-3-4;1-3(2)4;/h2-5H,1H3;1-4H,(H,11,12);4H,2-3H2,1H3;3H,4H2,1-2H3;1H4. The van der Waals surface area contributed by atoms with Crippen molar-refractivity contribution in [3.05, 3.63) is 68.1 Å². The monoisotopic (exact) mass is 625 g/mol. The van der Waals surface area contributed by atoms with Crippen LogP contribution >= 0.6 is 43.2 Å². The van der Waals surface area contributed by atoms with Gasteiger partial charge in [-0.25, -0.2) is 4.79 Å². The van der Waals surface area contributed by atoms with Gasteiger partial charge in [0.1, 0.15) is 5.58 Å². The Balaban J connectivity index is 0.000000262. The van der Waals surface area contributed by atoms with Crippen LogP contribution in [-0.2, 0) is 0 Å². The van der Waals surface area contributed by atoms with Gasteiger partial charge < -0.3 is 15.3 Å². The summed E-state index contributed by atoms with van der Waals surface area (Å²) >= 11 is 8.21. The second-order valence-electron chi connectivity index (χ2n) is 8.37. The molecule has 2 aromatic heterocycles. The van der Waals surface area contributed by atoms with E-state index in [4.69, 9.17) is 15.3 Å². The van der Waals surface area contributed by atoms with Crippen LogP contribution in [0.15, 0.2) is 61.9 Å². The van der Waals surface area contributed by atoms with Crippen molar-refractivity contribution in [2.75, 3.05) is 0 Å². The van der Waals surface area contributed by atoms with Gasteiger partial charge in [0.2, 0.25) is 5.76 Å². The molecule has 35 heavy (non-hydrogen) atoms. The fourth-order valence-electron chi connectivity index (χ4n) is 2.46. The number of rotatable bonds is 2. The molecule has 0 amide bonds. The van der Waals surface area contributed by atoms with E-state index in [9.17, 15) is 9.59 Å². The molecule has 5 rings (SSSR count). The van der Waals surface area contributed by atoms with Gasteiger partial charge in [-0.05, 0) is 66.7 Å². The van der Waals surface area contributed by atoms with Crippen molar-refractivity contribution in [3.8, 4) is 0 Å². The number of hydrogen-bond donors (Lipinski definition) is 2. The second-order valence-corrected chi connectivity index (χ2v) is 11.3. The zero-order valence-electron chi connectivity index (χ0n) is 19.6. The SMILES string of the molecule is C.CC(=O)c1cc2ccc(Br)cc2s1.CC(C)N.CC1CC1.O=C(O)c1cc2ccc(Br)cc2o1. The van der Waals surface area contributed by atoms with E-state index in [1.54, 1.807) is 19.1 Å². The highest BCUT2D eigenvalue weighted by Gasteiger charge is 2.12. The maximum Gasteiger partial charge on any atom is 0.371 e. The Kier molecular flexibility index (Phi) is 12.9. The minimum absolute atomic E-state index is 0. The average molecular weight is 627 g/mol. The normalized spacial score (nSPS) is 11.9. The van der Waals surface area contributed by atoms with E-state index in [1.165, 1.54) is 30.2 Å². The van der Waals surface area contributed by atoms with Gasteiger partial charge in [-0.15, -0.1) is 11.3 Å². The van der Waals surface area contributed by atoms with E-state index in [-0.39, 0.29) is 19.0 Å². The lowest BCUT2D eigenvalue weighted by atomic mass is 10.2. The number of halogens is 2. The van der Waals surface area contributed by atoms with Gasteiger partial charge in [0.05, 0.1) is 4.88 Å². The van der Waals surface area contributed by atoms with Gasteiger partial charge in [0.15, 0.2) is 5.78 Å². The number of Topliss-reactive ketones (excluding diaryl/α,β-unsaturated/α-hetero) is 1. The first-order chi connectivity index (χ1) is 16.0. The van der Waals surface area contributed by atoms with Gasteiger partial charge in [0.25, 0.3) is 0 Å². The number of furan rings is 1. The lowest BCUT2D eigenvalue weighted by molar-refractivity contribution is 0.0664. The molecule has 0 unspecified atom stereocenters. The number of aromatic carboxylic acids is 1. The van der Waals surface area contributed by atoms with Crippen molar-refractivity contribution in [2.45, 2.75) is 54.0 Å². The molecule has 3 N–H and O–H groups in total. The van der Waals surface area contributed by atoms with Crippen LogP contribution in [0.3, 0.4) is 0 Å². The first kappa shape index (κ1) is 31.0. The number of fused-ring (bicyclic) bond motifs is 2. The van der Waals surface area contributed by atoms with Crippen LogP contribution in [0.4, 0.5) is 0 Å². The van der Waals surface area contributed by atoms with E-state index >= 15 is 0 Å². The molecule has 0 saturated heterocycles. The molecule has 0 atom stereocenters. The third-order valence-corrected chi connectivity index (χ3v) is 6.57. The van der Waals surface area contributed by atoms with Crippen LogP contribution in [0.25, 0.3) is 21.1 Å². The van der Waals surface area contributed by atoms with Crippen molar-refractivity contribution in [3.63, 3.8) is 0 Å². The Morgan fingerprint density at radius 1 is 1.03 bits per heavy atom. The fourth-order valence-corrected chi connectivity index (χ4v) is 4.31. The summed E-state index contributed by atoms with van der Waals surface area (Å²) in [6.07, 6.45) is 2.97. The predicted octanol–water partition coefficient (Wildman–Crippen LogP) is 9.17. The topological polar surface area (TPSA) is 93.5 Å². The molecule has 5 nitrogen and oxygen atoms in total. The van der Waals surface area contributed by atoms with E-state index in [1.807, 2.05) is 44.2 Å². The summed E-state index contributed by atoms with van der Waals surface area (Å²) in [5, 5.41) is 10.6. The van der Waals surface area contributed by atoms with Crippen molar-refractivity contribution < 1.29 is 19.1 Å². The van der Waals surface area contributed by atoms with Gasteiger partial charge >= 0.3 is 5.97 Å². The molecular formula is C27H33Br2NO4S. The molecule has 1 fully saturated rings. The molecule has 8 heteroatoms. The summed E-state index contributed by atoms with van der Waals surface area (Å²) in [7, 11) is 0. The molecule has 190 valence electrons. The van der Waals surface area contributed by atoms with Crippen LogP contribution < -0.4 is 5.73 Å². The molecule has 4 aromatic rings. The van der Waals surface area contributed by atoms with Crippen LogP contribution in [0, 0.1) is 5.92 Å². The highest BCUT2D eigenvalue weighted by atomic mass is 79.9. The number of thiophene rings is 1. The quantitative estimate of drug-likeness (QED) is 0.216. The van der Waals surface area contributed by atoms with Crippen molar-refractivity contribution in [1.82, 2.24) is 0 Å². The zero-order valence-corrected chi connectivity index (χ0v) is 23.6. The molecule has 2 aromatic carbocycles. The Morgan fingerprint density at radius 2 is 1.54 bits per heavy atom. The highest BCUT2D eigenvalue weighted by molar-refractivity contribution is 9.10. The Labute approximate surface area is 228 Å². The van der Waals surface area contributed by atoms with E-state index in [2.05, 4.69) is 38.8 Å². The predicted molar refractivity (Wildman–Crippen MR) is 155 cm³/mol. The van der Waals surface area contributed by atoms with Gasteiger partial charge in [-0.2, -0.15) is 0 Å². The van der Waals surface area contributed by atoms with Gasteiger partial charge in [-0.1, -0.05) is 79.0 Å². The molecule has 0 bridgehead atoms. The Bertz CT molecular complexity index is 1170. The maximum absolute atomic E-state index is 11.1. The number of ketones is 1. The zero-order chi connectivity index (χ0) is 25.4. The number of hydrogen-bond acceptors (Lipinski definition) is 5. The smallest absolute Gasteiger partial charge is 0.371 e. The summed E-state index contributed by atoms with van der Waals surface area (Å²) in [4.78, 5) is 22.5. The number of carbonyl (C=O) groups is 2. The van der Waals surface area contributed by atoms with Crippen molar-refractivity contribution in [1.29, 1.82) is 0 Å². The minimum atomic E-state index is -1.05. The third kappa shape index (κ3) is 11.1. The van der Waals surface area contributed by atoms with E-state index < -0.39 is 5.97 Å². The molecule has 1 saturated carbocycles. The number of carboxylic acid groups (broad SMARTS) is 1. The van der Waals surface area contributed by atoms with Crippen LogP contribution in [0.5, 0.6) is 0 Å². The van der Waals surface area contributed by atoms with E-state index in [0.717, 1.165) is 35.2 Å². The number of carboxylic acids is 1. The largest absolute Gasteiger partial charge is 0.475 e. The second kappa shape index (κ2) is 14.5. The van der Waals surface area contributed by atoms with Crippen molar-refractivity contribution >= 4 is 76.0 Å². The highest BCUT2D eigenvalue weighted by Crippen LogP contribution is 2.28. The fraction of sp³-hybridized carbons (Fsp3) is 0.333. The first-order valence-corrected chi connectivity index (χ1v) is 13.2. The molecular weight excluding hydrogens is 594 g/mol. The number of benzene rings is 2. The molecule has 1 aliphatic rings. The van der Waals surface area contributed by atoms with Crippen LogP contribution in [0.1, 0.15) is 68.2 Å². The lowest BCUT2D eigenvalue weighted by Gasteiger charge is -1.88. The first-order valence-electron chi connectivity index (χ1n) is 10.8. The molecule has 0 radical (unpaired) electrons. The molecule has 2 heterocycles. The number of carbonyl (C=O) groups excluding carboxylic acids is 1. The third-order valence-electron chi connectivity index (χ3n) is 4.39. The lowest BCUT2D eigenvalue weighted by Crippen LogP contribution is -2.06. The molecule has 0 spiro atoms. The molecule has 1 aliphatic carbocycles. The summed E-state index contributed by atoms with van der Waals surface area (Å²) in [5.41, 5.74) is 5.69.